The van der Waals surface area contributed by atoms with Crippen molar-refractivity contribution in [2.45, 2.75) is 26.3 Å². The minimum Gasteiger partial charge on any atom is -0.426 e. The van der Waals surface area contributed by atoms with E-state index >= 15 is 0 Å². The fourth-order valence-corrected chi connectivity index (χ4v) is 2.89. The molecule has 0 aliphatic carbocycles. The van der Waals surface area contributed by atoms with Gasteiger partial charge in [0.15, 0.2) is 5.58 Å². The van der Waals surface area contributed by atoms with E-state index in [2.05, 4.69) is 0 Å². The van der Waals surface area contributed by atoms with Crippen molar-refractivity contribution in [1.29, 1.82) is 0 Å². The predicted molar refractivity (Wildman–Crippen MR) is 98.2 cm³/mol. The summed E-state index contributed by atoms with van der Waals surface area (Å²) in [5.74, 6) is -0.632. The number of rotatable bonds is 6. The molecule has 140 valence electrons. The first kappa shape index (κ1) is 18.7. The second kappa shape index (κ2) is 7.63. The molecule has 1 heterocycles. The first-order valence-corrected chi connectivity index (χ1v) is 8.47. The number of hydrogen-bond acceptors (Lipinski definition) is 6. The van der Waals surface area contributed by atoms with Gasteiger partial charge in [0.05, 0.1) is 16.5 Å². The number of esters is 1. The predicted octanol–water partition coefficient (Wildman–Crippen LogP) is 3.85. The molecule has 9 heteroatoms. The highest BCUT2D eigenvalue weighted by Gasteiger charge is 2.15. The lowest BCUT2D eigenvalue weighted by Crippen LogP contribution is -2.16. The lowest BCUT2D eigenvalue weighted by Gasteiger charge is -2.07. The summed E-state index contributed by atoms with van der Waals surface area (Å²) < 4.78 is 11.7. The molecule has 2 aromatic carbocycles. The summed E-state index contributed by atoms with van der Waals surface area (Å²) >= 11 is 5.86. The lowest BCUT2D eigenvalue weighted by atomic mass is 10.2. The minimum absolute atomic E-state index is 0.0914. The van der Waals surface area contributed by atoms with Crippen LogP contribution < -0.4 is 10.5 Å². The van der Waals surface area contributed by atoms with Gasteiger partial charge in [0, 0.05) is 24.1 Å². The maximum Gasteiger partial charge on any atom is 0.419 e. The molecule has 3 rings (SSSR count). The molecule has 0 aliphatic heterocycles. The van der Waals surface area contributed by atoms with Crippen molar-refractivity contribution in [3.05, 3.63) is 67.6 Å². The third-order valence-corrected chi connectivity index (χ3v) is 4.22. The number of aromatic nitrogens is 1. The monoisotopic (exact) mass is 390 g/mol. The number of fused-ring (bicyclic) bond motifs is 1. The van der Waals surface area contributed by atoms with Crippen molar-refractivity contribution >= 4 is 34.4 Å². The third kappa shape index (κ3) is 4.17. The Morgan fingerprint density at radius 2 is 2.07 bits per heavy atom. The quantitative estimate of drug-likeness (QED) is 0.274. The molecule has 0 unspecified atom stereocenters. The molecular weight excluding hydrogens is 376 g/mol. The second-order valence-electron chi connectivity index (χ2n) is 5.92. The number of non-ortho nitro benzene ring substituents is 1. The van der Waals surface area contributed by atoms with Gasteiger partial charge in [0.1, 0.15) is 5.75 Å². The van der Waals surface area contributed by atoms with Crippen molar-refractivity contribution in [1.82, 2.24) is 4.57 Å². The highest BCUT2D eigenvalue weighted by atomic mass is 35.5. The standard InChI is InChI=1S/C18H15ClN2O6/c1-11-9-12(19)4-7-15(11)26-17(22)3-2-8-20-14-6-5-13(21(24)25)10-16(14)27-18(20)23/h4-7,9-10H,2-3,8H2,1H3. The molecule has 0 radical (unpaired) electrons. The van der Waals surface area contributed by atoms with Crippen molar-refractivity contribution in [3.63, 3.8) is 0 Å². The number of aryl methyl sites for hydroxylation is 2. The number of carbonyl (C=O) groups excluding carboxylic acids is 1. The summed E-state index contributed by atoms with van der Waals surface area (Å²) in [6.45, 7) is 2.00. The zero-order valence-corrected chi connectivity index (χ0v) is 15.1. The molecule has 0 bridgehead atoms. The Labute approximate surface area is 158 Å². The maximum absolute atomic E-state index is 12.0. The van der Waals surface area contributed by atoms with Crippen LogP contribution in [0.4, 0.5) is 5.69 Å². The molecule has 27 heavy (non-hydrogen) atoms. The largest absolute Gasteiger partial charge is 0.426 e. The normalized spacial score (nSPS) is 10.9. The highest BCUT2D eigenvalue weighted by Crippen LogP contribution is 2.23. The number of nitrogens with zero attached hydrogens (tertiary/aromatic N) is 2. The Balaban J connectivity index is 1.65. The minimum atomic E-state index is -0.632. The van der Waals surface area contributed by atoms with E-state index in [1.54, 1.807) is 25.1 Å². The highest BCUT2D eigenvalue weighted by molar-refractivity contribution is 6.30. The molecule has 0 N–H and O–H groups in total. The Morgan fingerprint density at radius 1 is 1.30 bits per heavy atom. The van der Waals surface area contributed by atoms with Crippen LogP contribution in [-0.2, 0) is 11.3 Å². The van der Waals surface area contributed by atoms with Crippen molar-refractivity contribution < 1.29 is 18.9 Å². The second-order valence-corrected chi connectivity index (χ2v) is 6.35. The fraction of sp³-hybridized carbons (Fsp3) is 0.222. The number of ether oxygens (including phenoxy) is 1. The Kier molecular flexibility index (Phi) is 5.27. The number of oxazole rings is 1. The van der Waals surface area contributed by atoms with Crippen LogP contribution in [0.5, 0.6) is 5.75 Å². The lowest BCUT2D eigenvalue weighted by molar-refractivity contribution is -0.384. The summed E-state index contributed by atoms with van der Waals surface area (Å²) in [5, 5.41) is 11.4. The Bertz CT molecular complexity index is 1090. The van der Waals surface area contributed by atoms with Crippen LogP contribution in [0.15, 0.2) is 45.6 Å². The van der Waals surface area contributed by atoms with Gasteiger partial charge in [-0.3, -0.25) is 19.5 Å². The molecule has 3 aromatic rings. The van der Waals surface area contributed by atoms with Gasteiger partial charge >= 0.3 is 11.7 Å². The van der Waals surface area contributed by atoms with Gasteiger partial charge in [-0.2, -0.15) is 0 Å². The van der Waals surface area contributed by atoms with Gasteiger partial charge in [0.2, 0.25) is 0 Å². The van der Waals surface area contributed by atoms with E-state index < -0.39 is 16.6 Å². The zero-order valence-electron chi connectivity index (χ0n) is 14.3. The van der Waals surface area contributed by atoms with Gasteiger partial charge in [-0.1, -0.05) is 11.6 Å². The molecule has 8 nitrogen and oxygen atoms in total. The molecule has 0 saturated carbocycles. The molecule has 0 fully saturated rings. The zero-order chi connectivity index (χ0) is 19.6. The van der Waals surface area contributed by atoms with Crippen LogP contribution >= 0.6 is 11.6 Å². The number of halogens is 1. The average Bonchev–Trinajstić information content (AvgIpc) is 2.92. The van der Waals surface area contributed by atoms with E-state index in [0.29, 0.717) is 22.7 Å². The average molecular weight is 391 g/mol. The summed E-state index contributed by atoms with van der Waals surface area (Å²) in [5.41, 5.74) is 1.15. The summed E-state index contributed by atoms with van der Waals surface area (Å²) in [6, 6.07) is 8.90. The van der Waals surface area contributed by atoms with E-state index in [9.17, 15) is 19.7 Å². The van der Waals surface area contributed by atoms with Gasteiger partial charge in [0.25, 0.3) is 5.69 Å². The third-order valence-electron chi connectivity index (χ3n) is 3.99. The van der Waals surface area contributed by atoms with Crippen LogP contribution in [0, 0.1) is 17.0 Å². The van der Waals surface area contributed by atoms with E-state index in [0.717, 1.165) is 5.56 Å². The van der Waals surface area contributed by atoms with Crippen LogP contribution in [-0.4, -0.2) is 15.5 Å². The van der Waals surface area contributed by atoms with Gasteiger partial charge in [-0.25, -0.2) is 4.79 Å². The molecule has 0 amide bonds. The van der Waals surface area contributed by atoms with Crippen molar-refractivity contribution in [2.24, 2.45) is 0 Å². The van der Waals surface area contributed by atoms with Gasteiger partial charge in [-0.05, 0) is 43.2 Å². The van der Waals surface area contributed by atoms with E-state index in [-0.39, 0.29) is 24.2 Å². The fourth-order valence-electron chi connectivity index (χ4n) is 2.66. The molecule has 0 saturated heterocycles. The summed E-state index contributed by atoms with van der Waals surface area (Å²) in [6.07, 6.45) is 0.436. The van der Waals surface area contributed by atoms with Crippen LogP contribution in [0.3, 0.4) is 0 Å². The number of nitro groups is 1. The molecule has 0 aliphatic rings. The molecule has 0 atom stereocenters. The Hall–Kier alpha value is -3.13. The summed E-state index contributed by atoms with van der Waals surface area (Å²) in [4.78, 5) is 34.2. The number of hydrogen-bond donors (Lipinski definition) is 0. The summed E-state index contributed by atoms with van der Waals surface area (Å²) in [7, 11) is 0. The van der Waals surface area contributed by atoms with E-state index in [4.69, 9.17) is 20.8 Å². The van der Waals surface area contributed by atoms with E-state index in [1.807, 2.05) is 0 Å². The topological polar surface area (TPSA) is 105 Å². The SMILES string of the molecule is Cc1cc(Cl)ccc1OC(=O)CCCn1c(=O)oc2cc([N+](=O)[O-])ccc21. The molecule has 0 spiro atoms. The molecular formula is C18H15ClN2O6. The van der Waals surface area contributed by atoms with Crippen LogP contribution in [0.25, 0.3) is 11.1 Å². The van der Waals surface area contributed by atoms with Crippen molar-refractivity contribution in [2.75, 3.05) is 0 Å². The number of benzene rings is 2. The molecule has 1 aromatic heterocycles. The first-order valence-electron chi connectivity index (χ1n) is 8.10. The maximum atomic E-state index is 12.0. The number of nitro benzene ring substituents is 1. The van der Waals surface area contributed by atoms with Crippen molar-refractivity contribution in [3.8, 4) is 5.75 Å². The van der Waals surface area contributed by atoms with Gasteiger partial charge in [-0.15, -0.1) is 0 Å². The van der Waals surface area contributed by atoms with Crippen LogP contribution in [0.2, 0.25) is 5.02 Å². The Morgan fingerprint density at radius 3 is 2.78 bits per heavy atom. The smallest absolute Gasteiger partial charge is 0.419 e. The van der Waals surface area contributed by atoms with E-state index in [1.165, 1.54) is 22.8 Å². The number of carbonyl (C=O) groups is 1. The van der Waals surface area contributed by atoms with Crippen LogP contribution in [0.1, 0.15) is 18.4 Å². The van der Waals surface area contributed by atoms with Gasteiger partial charge < -0.3 is 9.15 Å². The first-order chi connectivity index (χ1) is 12.8.